The van der Waals surface area contributed by atoms with Crippen molar-refractivity contribution in [3.8, 4) is 11.1 Å². The van der Waals surface area contributed by atoms with Gasteiger partial charge in [0.05, 0.1) is 5.92 Å². The molecule has 4 unspecified atom stereocenters. The number of aromatic amines is 1. The van der Waals surface area contributed by atoms with Crippen LogP contribution >= 0.6 is 0 Å². The number of aliphatic carboxylic acids is 1. The molecule has 2 heterocycles. The number of halogens is 1. The number of fused-ring (bicyclic) bond motifs is 2. The van der Waals surface area contributed by atoms with Gasteiger partial charge in [-0.2, -0.15) is 0 Å². The lowest BCUT2D eigenvalue weighted by Gasteiger charge is -2.46. The van der Waals surface area contributed by atoms with E-state index in [-0.39, 0.29) is 35.5 Å². The fourth-order valence-corrected chi connectivity index (χ4v) is 6.29. The first-order valence-corrected chi connectivity index (χ1v) is 12.3. The van der Waals surface area contributed by atoms with Crippen LogP contribution in [0, 0.1) is 17.7 Å². The first-order chi connectivity index (χ1) is 16.4. The van der Waals surface area contributed by atoms with Gasteiger partial charge in [0.25, 0.3) is 0 Å². The van der Waals surface area contributed by atoms with Gasteiger partial charge in [0, 0.05) is 36.1 Å². The molecule has 1 amide bonds. The number of carbonyl (C=O) groups is 2. The van der Waals surface area contributed by atoms with E-state index in [9.17, 15) is 19.1 Å². The molecule has 3 aromatic rings. The van der Waals surface area contributed by atoms with Crippen molar-refractivity contribution in [1.29, 1.82) is 0 Å². The van der Waals surface area contributed by atoms with Crippen LogP contribution in [0.25, 0.3) is 22.0 Å². The average Bonchev–Trinajstić information content (AvgIpc) is 3.27. The van der Waals surface area contributed by atoms with Gasteiger partial charge < -0.3 is 15.0 Å². The molecule has 1 saturated heterocycles. The van der Waals surface area contributed by atoms with Crippen molar-refractivity contribution in [1.82, 2.24) is 9.88 Å². The summed E-state index contributed by atoms with van der Waals surface area (Å²) in [6.45, 7) is 2.77. The molecule has 34 heavy (non-hydrogen) atoms. The topological polar surface area (TPSA) is 73.4 Å². The van der Waals surface area contributed by atoms with E-state index in [1.807, 2.05) is 35.4 Å². The van der Waals surface area contributed by atoms with Crippen LogP contribution in [0.3, 0.4) is 0 Å². The molecule has 2 N–H and O–H groups in total. The van der Waals surface area contributed by atoms with E-state index in [2.05, 4.69) is 11.9 Å². The minimum atomic E-state index is -0.721. The molecule has 2 aliphatic rings. The number of nitrogens with zero attached hydrogens (tertiary/aromatic N) is 1. The number of nitrogens with one attached hydrogen (secondary N) is 1. The second-order valence-corrected chi connectivity index (χ2v) is 9.92. The van der Waals surface area contributed by atoms with Crippen molar-refractivity contribution in [2.75, 3.05) is 6.54 Å². The third-order valence-electron chi connectivity index (χ3n) is 7.88. The number of carboxylic acids is 1. The largest absolute Gasteiger partial charge is 0.481 e. The SMILES string of the molecule is CC(CC(=O)N1CCCC2C(C(=O)O)CCCC21)c1c[nH]c2cccc(-c3cccc(F)c3)c12. The predicted octanol–water partition coefficient (Wildman–Crippen LogP) is 5.96. The van der Waals surface area contributed by atoms with Crippen LogP contribution in [0.15, 0.2) is 48.7 Å². The lowest BCUT2D eigenvalue weighted by Crippen LogP contribution is -2.53. The van der Waals surface area contributed by atoms with Crippen molar-refractivity contribution in [3.05, 3.63) is 60.0 Å². The molecule has 0 bridgehead atoms. The molecule has 6 heteroatoms. The second kappa shape index (κ2) is 9.24. The smallest absolute Gasteiger partial charge is 0.306 e. The highest BCUT2D eigenvalue weighted by Crippen LogP contribution is 2.41. The molecule has 4 atom stereocenters. The molecule has 5 nitrogen and oxygen atoms in total. The lowest BCUT2D eigenvalue weighted by atomic mass is 9.71. The van der Waals surface area contributed by atoms with Gasteiger partial charge in [0.2, 0.25) is 5.91 Å². The molecule has 0 radical (unpaired) electrons. The third-order valence-corrected chi connectivity index (χ3v) is 7.88. The van der Waals surface area contributed by atoms with E-state index in [0.717, 1.165) is 53.3 Å². The molecular weight excluding hydrogens is 431 g/mol. The Hall–Kier alpha value is -3.15. The zero-order valence-electron chi connectivity index (χ0n) is 19.5. The van der Waals surface area contributed by atoms with Gasteiger partial charge in [0.15, 0.2) is 0 Å². The monoisotopic (exact) mass is 462 g/mol. The number of hydrogen-bond donors (Lipinski definition) is 2. The summed E-state index contributed by atoms with van der Waals surface area (Å²) < 4.78 is 13.9. The lowest BCUT2D eigenvalue weighted by molar-refractivity contribution is -0.152. The molecule has 178 valence electrons. The van der Waals surface area contributed by atoms with E-state index in [1.165, 1.54) is 12.1 Å². The molecule has 5 rings (SSSR count). The first kappa shape index (κ1) is 22.6. The van der Waals surface area contributed by atoms with E-state index < -0.39 is 5.97 Å². The summed E-state index contributed by atoms with van der Waals surface area (Å²) in [6.07, 6.45) is 6.55. The molecule has 2 fully saturated rings. The summed E-state index contributed by atoms with van der Waals surface area (Å²) in [7, 11) is 0. The highest BCUT2D eigenvalue weighted by Gasteiger charge is 2.43. The van der Waals surface area contributed by atoms with E-state index in [0.29, 0.717) is 19.4 Å². The Balaban J connectivity index is 1.40. The van der Waals surface area contributed by atoms with E-state index >= 15 is 0 Å². The minimum absolute atomic E-state index is 0.0322. The Morgan fingerprint density at radius 1 is 1.15 bits per heavy atom. The molecule has 0 spiro atoms. The Morgan fingerprint density at radius 2 is 1.97 bits per heavy atom. The first-order valence-electron chi connectivity index (χ1n) is 12.3. The van der Waals surface area contributed by atoms with E-state index in [1.54, 1.807) is 6.07 Å². The molecule has 1 aliphatic carbocycles. The van der Waals surface area contributed by atoms with Crippen molar-refractivity contribution in [2.24, 2.45) is 11.8 Å². The third kappa shape index (κ3) is 4.10. The van der Waals surface area contributed by atoms with Gasteiger partial charge >= 0.3 is 5.97 Å². The highest BCUT2D eigenvalue weighted by atomic mass is 19.1. The summed E-state index contributed by atoms with van der Waals surface area (Å²) in [4.78, 5) is 30.6. The minimum Gasteiger partial charge on any atom is -0.481 e. The number of rotatable bonds is 5. The zero-order chi connectivity index (χ0) is 23.8. The summed E-state index contributed by atoms with van der Waals surface area (Å²) >= 11 is 0. The van der Waals surface area contributed by atoms with Crippen LogP contribution in [0.1, 0.15) is 56.9 Å². The Kier molecular flexibility index (Phi) is 6.15. The number of likely N-dealkylation sites (tertiary alicyclic amines) is 1. The molecule has 1 aliphatic heterocycles. The zero-order valence-corrected chi connectivity index (χ0v) is 19.5. The van der Waals surface area contributed by atoms with Crippen molar-refractivity contribution >= 4 is 22.8 Å². The standard InChI is InChI=1S/C28H31FN2O3/c1-17(14-26(32)31-13-5-10-21-22(28(33)34)9-4-12-25(21)31)23-16-30-24-11-3-8-20(27(23)24)18-6-2-7-19(29)15-18/h2-3,6-8,11,15-17,21-22,25,30H,4-5,9-10,12-14H2,1H3,(H,33,34). The maximum atomic E-state index is 13.9. The van der Waals surface area contributed by atoms with Crippen LogP contribution in [0.2, 0.25) is 0 Å². The van der Waals surface area contributed by atoms with Crippen LogP contribution in [0.4, 0.5) is 4.39 Å². The van der Waals surface area contributed by atoms with Crippen LogP contribution in [-0.4, -0.2) is 39.5 Å². The van der Waals surface area contributed by atoms with Crippen LogP contribution < -0.4 is 0 Å². The van der Waals surface area contributed by atoms with Crippen LogP contribution in [0.5, 0.6) is 0 Å². The average molecular weight is 463 g/mol. The Labute approximate surface area is 199 Å². The van der Waals surface area contributed by atoms with Crippen molar-refractivity contribution in [3.63, 3.8) is 0 Å². The van der Waals surface area contributed by atoms with Gasteiger partial charge in [-0.15, -0.1) is 0 Å². The molecule has 1 saturated carbocycles. The maximum absolute atomic E-state index is 13.9. The fourth-order valence-electron chi connectivity index (χ4n) is 6.29. The van der Waals surface area contributed by atoms with E-state index in [4.69, 9.17) is 0 Å². The normalized spacial score (nSPS) is 23.5. The second-order valence-electron chi connectivity index (χ2n) is 9.92. The Bertz CT molecular complexity index is 1220. The number of piperidine rings is 1. The van der Waals surface area contributed by atoms with Crippen LogP contribution in [-0.2, 0) is 9.59 Å². The summed E-state index contributed by atoms with van der Waals surface area (Å²) in [5, 5.41) is 10.7. The number of H-pyrrole nitrogens is 1. The number of hydrogen-bond acceptors (Lipinski definition) is 2. The number of carbonyl (C=O) groups excluding carboxylic acids is 1. The Morgan fingerprint density at radius 3 is 2.76 bits per heavy atom. The van der Waals surface area contributed by atoms with Crippen molar-refractivity contribution < 1.29 is 19.1 Å². The maximum Gasteiger partial charge on any atom is 0.306 e. The summed E-state index contributed by atoms with van der Waals surface area (Å²) in [6, 6.07) is 12.6. The van der Waals surface area contributed by atoms with Gasteiger partial charge in [-0.3, -0.25) is 9.59 Å². The fraction of sp³-hybridized carbons (Fsp3) is 0.429. The van der Waals surface area contributed by atoms with Gasteiger partial charge in [-0.05, 0) is 72.4 Å². The predicted molar refractivity (Wildman–Crippen MR) is 130 cm³/mol. The summed E-state index contributed by atoms with van der Waals surface area (Å²) in [5.41, 5.74) is 3.77. The highest BCUT2D eigenvalue weighted by molar-refractivity contribution is 5.98. The molecule has 1 aromatic heterocycles. The van der Waals surface area contributed by atoms with Crippen molar-refractivity contribution in [2.45, 2.75) is 57.4 Å². The van der Waals surface area contributed by atoms with Gasteiger partial charge in [0.1, 0.15) is 5.82 Å². The van der Waals surface area contributed by atoms with Gasteiger partial charge in [-0.1, -0.05) is 37.6 Å². The molecular formula is C28H31FN2O3. The van der Waals surface area contributed by atoms with Gasteiger partial charge in [-0.25, -0.2) is 4.39 Å². The number of benzene rings is 2. The number of aromatic nitrogens is 1. The summed E-state index contributed by atoms with van der Waals surface area (Å²) in [5.74, 6) is -1.20. The quantitative estimate of drug-likeness (QED) is 0.491. The molecule has 2 aromatic carbocycles. The number of amides is 1. The number of carboxylic acid groups (broad SMARTS) is 1.